The van der Waals surface area contributed by atoms with Crippen LogP contribution in [-0.2, 0) is 19.6 Å². The second-order valence-electron chi connectivity index (χ2n) is 7.78. The number of hydrogen-bond donors (Lipinski definition) is 2. The smallest absolute Gasteiger partial charge is 0.342 e. The fourth-order valence-corrected chi connectivity index (χ4v) is 3.82. The minimum Gasteiger partial charge on any atom is -0.449 e. The molecule has 1 aromatic heterocycles. The van der Waals surface area contributed by atoms with Crippen LogP contribution in [-0.4, -0.2) is 36.2 Å². The van der Waals surface area contributed by atoms with E-state index in [1.54, 1.807) is 12.1 Å². The quantitative estimate of drug-likeness (QED) is 0.367. The highest BCUT2D eigenvalue weighted by Gasteiger charge is 2.25. The van der Waals surface area contributed by atoms with E-state index in [4.69, 9.17) is 9.88 Å². The molecule has 4 aromatic rings. The Kier molecular flexibility index (Phi) is 6.95. The number of primary sulfonamides is 1. The van der Waals surface area contributed by atoms with E-state index in [1.807, 2.05) is 18.2 Å². The number of anilines is 1. The summed E-state index contributed by atoms with van der Waals surface area (Å²) in [5.74, 6) is -1.87. The largest absolute Gasteiger partial charge is 0.449 e. The van der Waals surface area contributed by atoms with Crippen LogP contribution in [0.2, 0.25) is 0 Å². The molecule has 0 aliphatic carbocycles. The average molecular weight is 509 g/mol. The first-order valence-electron chi connectivity index (χ1n) is 10.7. The standard InChI is InChI=1S/C25H21FN4O5S/c1-16(24(31)28-19-11-13-21(14-12-19)36(27,33)34)35-25(32)22-15-30(20-5-3-2-4-6-20)29-23(22)17-7-9-18(26)10-8-17/h2-16H,1H3,(H,28,31)(H2,27,33,34). The normalized spacial score (nSPS) is 12.1. The monoisotopic (exact) mass is 508 g/mol. The molecule has 4 rings (SSSR count). The number of nitrogens with zero attached hydrogens (tertiary/aromatic N) is 2. The van der Waals surface area contributed by atoms with Crippen LogP contribution >= 0.6 is 0 Å². The van der Waals surface area contributed by atoms with Crippen molar-refractivity contribution in [1.82, 2.24) is 9.78 Å². The van der Waals surface area contributed by atoms with E-state index in [-0.39, 0.29) is 16.2 Å². The molecule has 1 amide bonds. The zero-order valence-corrected chi connectivity index (χ0v) is 19.8. The van der Waals surface area contributed by atoms with Crippen molar-refractivity contribution in [3.05, 3.63) is 96.4 Å². The molecule has 0 radical (unpaired) electrons. The SMILES string of the molecule is CC(OC(=O)c1cn(-c2ccccc2)nc1-c1ccc(F)cc1)C(=O)Nc1ccc(S(N)(=O)=O)cc1. The van der Waals surface area contributed by atoms with Gasteiger partial charge < -0.3 is 10.1 Å². The maximum absolute atomic E-state index is 13.5. The number of carbonyl (C=O) groups excluding carboxylic acids is 2. The summed E-state index contributed by atoms with van der Waals surface area (Å²) in [6.45, 7) is 1.39. The number of rotatable bonds is 7. The zero-order valence-electron chi connectivity index (χ0n) is 19.0. The van der Waals surface area contributed by atoms with Crippen LogP contribution in [0.4, 0.5) is 10.1 Å². The number of ether oxygens (including phenoxy) is 1. The highest BCUT2D eigenvalue weighted by Crippen LogP contribution is 2.25. The Hall–Kier alpha value is -4.35. The Morgan fingerprint density at radius 3 is 2.25 bits per heavy atom. The van der Waals surface area contributed by atoms with Gasteiger partial charge in [0, 0.05) is 17.4 Å². The van der Waals surface area contributed by atoms with Crippen molar-refractivity contribution in [2.45, 2.75) is 17.9 Å². The van der Waals surface area contributed by atoms with Gasteiger partial charge in [-0.15, -0.1) is 0 Å². The van der Waals surface area contributed by atoms with E-state index < -0.39 is 33.8 Å². The lowest BCUT2D eigenvalue weighted by atomic mass is 10.1. The number of aromatic nitrogens is 2. The lowest BCUT2D eigenvalue weighted by Gasteiger charge is -2.13. The Balaban J connectivity index is 1.55. The zero-order chi connectivity index (χ0) is 25.9. The lowest BCUT2D eigenvalue weighted by Crippen LogP contribution is -2.30. The Morgan fingerprint density at radius 2 is 1.64 bits per heavy atom. The van der Waals surface area contributed by atoms with Gasteiger partial charge in [0.25, 0.3) is 5.91 Å². The van der Waals surface area contributed by atoms with Crippen molar-refractivity contribution in [1.29, 1.82) is 0 Å². The molecule has 1 heterocycles. The molecule has 0 fully saturated rings. The van der Waals surface area contributed by atoms with E-state index in [0.29, 0.717) is 16.9 Å². The molecule has 9 nitrogen and oxygen atoms in total. The van der Waals surface area contributed by atoms with Crippen LogP contribution in [0.1, 0.15) is 17.3 Å². The third kappa shape index (κ3) is 5.65. The maximum atomic E-state index is 13.5. The molecular formula is C25H21FN4O5S. The highest BCUT2D eigenvalue weighted by atomic mass is 32.2. The molecule has 1 atom stereocenters. The molecule has 36 heavy (non-hydrogen) atoms. The minimum atomic E-state index is -3.87. The van der Waals surface area contributed by atoms with Gasteiger partial charge >= 0.3 is 5.97 Å². The van der Waals surface area contributed by atoms with E-state index in [2.05, 4.69) is 10.4 Å². The number of carbonyl (C=O) groups is 2. The molecule has 184 valence electrons. The van der Waals surface area contributed by atoms with Gasteiger partial charge in [0.2, 0.25) is 10.0 Å². The average Bonchev–Trinajstić information content (AvgIpc) is 3.30. The van der Waals surface area contributed by atoms with Crippen molar-refractivity contribution in [3.63, 3.8) is 0 Å². The molecule has 0 aliphatic heterocycles. The van der Waals surface area contributed by atoms with Gasteiger partial charge in [-0.25, -0.2) is 27.4 Å². The lowest BCUT2D eigenvalue weighted by molar-refractivity contribution is -0.123. The van der Waals surface area contributed by atoms with Crippen molar-refractivity contribution in [3.8, 4) is 16.9 Å². The summed E-state index contributed by atoms with van der Waals surface area (Å²) in [6, 6.07) is 19.8. The van der Waals surface area contributed by atoms with Gasteiger partial charge in [-0.1, -0.05) is 18.2 Å². The molecule has 0 bridgehead atoms. The second-order valence-corrected chi connectivity index (χ2v) is 9.35. The van der Waals surface area contributed by atoms with Crippen LogP contribution < -0.4 is 10.5 Å². The summed E-state index contributed by atoms with van der Waals surface area (Å²) in [5.41, 5.74) is 1.82. The number of esters is 1. The summed E-state index contributed by atoms with van der Waals surface area (Å²) in [6.07, 6.45) is 0.282. The topological polar surface area (TPSA) is 133 Å². The number of hydrogen-bond acceptors (Lipinski definition) is 6. The predicted molar refractivity (Wildman–Crippen MR) is 130 cm³/mol. The minimum absolute atomic E-state index is 0.0858. The molecule has 0 saturated carbocycles. The number of sulfonamides is 1. The molecule has 1 unspecified atom stereocenters. The molecule has 3 N–H and O–H groups in total. The number of halogens is 1. The van der Waals surface area contributed by atoms with Crippen molar-refractivity contribution in [2.75, 3.05) is 5.32 Å². The fourth-order valence-electron chi connectivity index (χ4n) is 3.31. The van der Waals surface area contributed by atoms with E-state index >= 15 is 0 Å². The molecule has 0 aliphatic rings. The number of amides is 1. The Bertz CT molecular complexity index is 1500. The van der Waals surface area contributed by atoms with E-state index in [9.17, 15) is 22.4 Å². The number of para-hydroxylation sites is 1. The van der Waals surface area contributed by atoms with Gasteiger partial charge in [0.1, 0.15) is 17.1 Å². The van der Waals surface area contributed by atoms with Crippen LogP contribution in [0.3, 0.4) is 0 Å². The highest BCUT2D eigenvalue weighted by molar-refractivity contribution is 7.89. The first-order chi connectivity index (χ1) is 17.1. The number of benzene rings is 3. The first kappa shape index (κ1) is 24.8. The summed E-state index contributed by atoms with van der Waals surface area (Å²) < 4.78 is 43.1. The van der Waals surface area contributed by atoms with Crippen molar-refractivity contribution < 1.29 is 27.1 Å². The van der Waals surface area contributed by atoms with Crippen LogP contribution in [0, 0.1) is 5.82 Å². The van der Waals surface area contributed by atoms with Crippen LogP contribution in [0.25, 0.3) is 16.9 Å². The van der Waals surface area contributed by atoms with Crippen LogP contribution in [0.15, 0.2) is 90.0 Å². The summed E-state index contributed by atoms with van der Waals surface area (Å²) in [7, 11) is -3.87. The molecule has 11 heteroatoms. The second kappa shape index (κ2) is 10.1. The molecule has 0 saturated heterocycles. The first-order valence-corrected chi connectivity index (χ1v) is 12.2. The van der Waals surface area contributed by atoms with E-state index in [1.165, 1.54) is 66.3 Å². The summed E-state index contributed by atoms with van der Waals surface area (Å²) >= 11 is 0. The maximum Gasteiger partial charge on any atom is 0.342 e. The fraction of sp³-hybridized carbons (Fsp3) is 0.0800. The third-order valence-electron chi connectivity index (χ3n) is 5.18. The Labute approximate surface area is 206 Å². The molecule has 0 spiro atoms. The van der Waals surface area contributed by atoms with Crippen LogP contribution in [0.5, 0.6) is 0 Å². The third-order valence-corrected chi connectivity index (χ3v) is 6.11. The van der Waals surface area contributed by atoms with Gasteiger partial charge in [-0.3, -0.25) is 4.79 Å². The Morgan fingerprint density at radius 1 is 1.00 bits per heavy atom. The van der Waals surface area contributed by atoms with Gasteiger partial charge in [0.15, 0.2) is 6.10 Å². The van der Waals surface area contributed by atoms with E-state index in [0.717, 1.165) is 0 Å². The number of nitrogens with two attached hydrogens (primary N) is 1. The number of nitrogens with one attached hydrogen (secondary N) is 1. The van der Waals surface area contributed by atoms with Crippen molar-refractivity contribution in [2.24, 2.45) is 5.14 Å². The molecule has 3 aromatic carbocycles. The molecular weight excluding hydrogens is 487 g/mol. The van der Waals surface area contributed by atoms with Gasteiger partial charge in [0.05, 0.1) is 10.6 Å². The van der Waals surface area contributed by atoms with Crippen molar-refractivity contribution >= 4 is 27.6 Å². The summed E-state index contributed by atoms with van der Waals surface area (Å²) in [5, 5.41) is 12.1. The predicted octanol–water partition coefficient (Wildman–Crippen LogP) is 3.51. The summed E-state index contributed by atoms with van der Waals surface area (Å²) in [4.78, 5) is 25.5. The van der Waals surface area contributed by atoms with Gasteiger partial charge in [-0.05, 0) is 67.6 Å². The van der Waals surface area contributed by atoms with Gasteiger partial charge in [-0.2, -0.15) is 5.10 Å².